The van der Waals surface area contributed by atoms with E-state index in [-0.39, 0.29) is 0 Å². The van der Waals surface area contributed by atoms with Crippen LogP contribution in [0.3, 0.4) is 0 Å². The highest BCUT2D eigenvalue weighted by Crippen LogP contribution is 2.45. The molecule has 0 aromatic carbocycles. The molecule has 15 heavy (non-hydrogen) atoms. The molecule has 0 amide bonds. The quantitative estimate of drug-likeness (QED) is 0.629. The second kappa shape index (κ2) is 4.29. The minimum atomic E-state index is 0.491. The minimum absolute atomic E-state index is 0.491. The van der Waals surface area contributed by atoms with Crippen molar-refractivity contribution in [3.8, 4) is 0 Å². The molecule has 0 N–H and O–H groups in total. The number of allylic oxidation sites excluding steroid dienone is 1. The third kappa shape index (κ3) is 1.87. The third-order valence-corrected chi connectivity index (χ3v) is 4.45. The summed E-state index contributed by atoms with van der Waals surface area (Å²) in [5, 5.41) is 0. The third-order valence-electron chi connectivity index (χ3n) is 4.45. The van der Waals surface area contributed by atoms with Gasteiger partial charge in [0.2, 0.25) is 0 Å². The summed E-state index contributed by atoms with van der Waals surface area (Å²) in [4.78, 5) is 0. The summed E-state index contributed by atoms with van der Waals surface area (Å²) in [6, 6.07) is 0. The number of hydrogen-bond donors (Lipinski definition) is 0. The zero-order valence-corrected chi connectivity index (χ0v) is 10.5. The predicted molar refractivity (Wildman–Crippen MR) is 63.7 cm³/mol. The minimum Gasteiger partial charge on any atom is -0.377 e. The van der Waals surface area contributed by atoms with Gasteiger partial charge in [0.1, 0.15) is 0 Å². The Kier molecular flexibility index (Phi) is 3.20. The van der Waals surface area contributed by atoms with Gasteiger partial charge in [0.05, 0.1) is 12.7 Å². The molecule has 0 spiro atoms. The first kappa shape index (κ1) is 11.2. The number of hydrogen-bond acceptors (Lipinski definition) is 1. The zero-order valence-electron chi connectivity index (χ0n) is 10.5. The molecule has 5 atom stereocenters. The maximum Gasteiger partial charge on any atom is 0.0642 e. The molecule has 86 valence electrons. The van der Waals surface area contributed by atoms with Crippen LogP contribution in [-0.4, -0.2) is 12.7 Å². The second-order valence-electron chi connectivity index (χ2n) is 5.48. The highest BCUT2D eigenvalue weighted by molar-refractivity contribution is 5.16. The molecule has 0 aromatic rings. The Labute approximate surface area is 93.9 Å². The monoisotopic (exact) mass is 208 g/mol. The van der Waals surface area contributed by atoms with Gasteiger partial charge < -0.3 is 4.74 Å². The average Bonchev–Trinajstić information content (AvgIpc) is 2.15. The fourth-order valence-electron chi connectivity index (χ4n) is 3.63. The molecule has 1 nitrogen and oxygen atoms in total. The van der Waals surface area contributed by atoms with Crippen LogP contribution in [0.25, 0.3) is 0 Å². The molecular formula is C14H24O. The topological polar surface area (TPSA) is 9.23 Å². The Hall–Kier alpha value is -0.300. The largest absolute Gasteiger partial charge is 0.377 e. The van der Waals surface area contributed by atoms with Gasteiger partial charge in [0.25, 0.3) is 0 Å². The van der Waals surface area contributed by atoms with E-state index < -0.39 is 0 Å². The van der Waals surface area contributed by atoms with Crippen LogP contribution in [-0.2, 0) is 4.74 Å². The van der Waals surface area contributed by atoms with Crippen molar-refractivity contribution in [2.45, 2.75) is 46.6 Å². The van der Waals surface area contributed by atoms with Gasteiger partial charge in [-0.15, -0.1) is 0 Å². The van der Waals surface area contributed by atoms with Crippen LogP contribution in [0.5, 0.6) is 0 Å². The van der Waals surface area contributed by atoms with Crippen LogP contribution < -0.4 is 0 Å². The number of rotatable bonds is 2. The summed E-state index contributed by atoms with van der Waals surface area (Å²) in [5.74, 6) is 2.97. The van der Waals surface area contributed by atoms with E-state index >= 15 is 0 Å². The fourth-order valence-corrected chi connectivity index (χ4v) is 3.63. The molecule has 1 fully saturated rings. The van der Waals surface area contributed by atoms with Crippen LogP contribution in [0.4, 0.5) is 0 Å². The molecule has 1 aliphatic carbocycles. The molecule has 0 unspecified atom stereocenters. The summed E-state index contributed by atoms with van der Waals surface area (Å²) in [6.45, 7) is 10.3. The van der Waals surface area contributed by atoms with E-state index in [1.54, 1.807) is 5.57 Å². The first-order valence-corrected chi connectivity index (χ1v) is 6.45. The molecule has 0 radical (unpaired) electrons. The highest BCUT2D eigenvalue weighted by atomic mass is 16.5. The Balaban J connectivity index is 2.22. The van der Waals surface area contributed by atoms with Crippen molar-refractivity contribution >= 4 is 0 Å². The molecule has 1 heterocycles. The Morgan fingerprint density at radius 3 is 2.80 bits per heavy atom. The molecule has 1 aliphatic heterocycles. The van der Waals surface area contributed by atoms with Gasteiger partial charge in [-0.05, 0) is 31.1 Å². The van der Waals surface area contributed by atoms with E-state index in [0.29, 0.717) is 17.9 Å². The van der Waals surface area contributed by atoms with Crippen molar-refractivity contribution in [1.29, 1.82) is 0 Å². The molecule has 2 bridgehead atoms. The Morgan fingerprint density at radius 2 is 2.13 bits per heavy atom. The summed E-state index contributed by atoms with van der Waals surface area (Å²) in [6.07, 6.45) is 5.44. The van der Waals surface area contributed by atoms with E-state index in [1.807, 2.05) is 0 Å². The van der Waals surface area contributed by atoms with E-state index in [0.717, 1.165) is 18.4 Å². The van der Waals surface area contributed by atoms with Crippen molar-refractivity contribution < 1.29 is 4.74 Å². The average molecular weight is 208 g/mol. The predicted octanol–water partition coefficient (Wildman–Crippen LogP) is 3.65. The molecular weight excluding hydrogens is 184 g/mol. The lowest BCUT2D eigenvalue weighted by atomic mass is 9.65. The van der Waals surface area contributed by atoms with Gasteiger partial charge in [-0.2, -0.15) is 0 Å². The van der Waals surface area contributed by atoms with Crippen molar-refractivity contribution in [2.24, 2.45) is 23.7 Å². The lowest BCUT2D eigenvalue weighted by Gasteiger charge is -2.47. The Bertz CT molecular complexity index is 256. The lowest BCUT2D eigenvalue weighted by molar-refractivity contribution is -0.0939. The maximum atomic E-state index is 6.06. The second-order valence-corrected chi connectivity index (χ2v) is 5.48. The summed E-state index contributed by atoms with van der Waals surface area (Å²) in [5.41, 5.74) is 1.57. The maximum absolute atomic E-state index is 6.06. The van der Waals surface area contributed by atoms with Crippen molar-refractivity contribution in [3.05, 3.63) is 11.6 Å². The van der Waals surface area contributed by atoms with Gasteiger partial charge in [-0.25, -0.2) is 0 Å². The zero-order chi connectivity index (χ0) is 11.0. The van der Waals surface area contributed by atoms with Crippen LogP contribution in [0.15, 0.2) is 11.6 Å². The first-order chi connectivity index (χ1) is 7.15. The lowest BCUT2D eigenvalue weighted by Crippen LogP contribution is -2.46. The van der Waals surface area contributed by atoms with Crippen molar-refractivity contribution in [1.82, 2.24) is 0 Å². The number of ether oxygens (including phenoxy) is 1. The Morgan fingerprint density at radius 1 is 1.40 bits per heavy atom. The van der Waals surface area contributed by atoms with Crippen LogP contribution >= 0.6 is 0 Å². The molecule has 0 saturated carbocycles. The van der Waals surface area contributed by atoms with Gasteiger partial charge in [-0.1, -0.05) is 38.8 Å². The normalized spacial score (nSPS) is 45.1. The van der Waals surface area contributed by atoms with Crippen molar-refractivity contribution in [3.63, 3.8) is 0 Å². The summed E-state index contributed by atoms with van der Waals surface area (Å²) < 4.78 is 6.06. The van der Waals surface area contributed by atoms with E-state index in [1.165, 1.54) is 12.8 Å². The molecule has 1 heteroatoms. The van der Waals surface area contributed by atoms with Crippen LogP contribution in [0, 0.1) is 23.7 Å². The van der Waals surface area contributed by atoms with E-state index in [9.17, 15) is 0 Å². The first-order valence-electron chi connectivity index (χ1n) is 6.45. The summed E-state index contributed by atoms with van der Waals surface area (Å²) in [7, 11) is 0. The molecule has 2 rings (SSSR count). The van der Waals surface area contributed by atoms with Gasteiger partial charge in [-0.3, -0.25) is 0 Å². The summed E-state index contributed by atoms with van der Waals surface area (Å²) >= 11 is 0. The van der Waals surface area contributed by atoms with Crippen molar-refractivity contribution in [2.75, 3.05) is 6.61 Å². The van der Waals surface area contributed by atoms with Gasteiger partial charge in [0.15, 0.2) is 0 Å². The fraction of sp³-hybridized carbons (Fsp3) is 0.857. The molecule has 0 aromatic heterocycles. The molecule has 1 saturated heterocycles. The van der Waals surface area contributed by atoms with Crippen LogP contribution in [0.1, 0.15) is 40.5 Å². The van der Waals surface area contributed by atoms with Gasteiger partial charge >= 0.3 is 0 Å². The number of fused-ring (bicyclic) bond motifs is 2. The smallest absolute Gasteiger partial charge is 0.0642 e. The van der Waals surface area contributed by atoms with Crippen LogP contribution in [0.2, 0.25) is 0 Å². The van der Waals surface area contributed by atoms with E-state index in [4.69, 9.17) is 4.74 Å². The van der Waals surface area contributed by atoms with Gasteiger partial charge in [0, 0.05) is 5.92 Å². The highest BCUT2D eigenvalue weighted by Gasteiger charge is 2.42. The van der Waals surface area contributed by atoms with E-state index in [2.05, 4.69) is 33.8 Å². The SMILES string of the molecule is CCC[C@@H]1OC[C@@H]2[C@@H](C)[C@@H]1C(C)=C[C@@H]2C. The standard InChI is InChI=1S/C14H24O/c1-5-6-13-14-10(3)7-9(2)12(8-15-13)11(14)4/h7,9,11-14H,5-6,8H2,1-4H3/t9-,11+,12-,13-,14-/m0/s1. The molecule has 2 aliphatic rings.